The highest BCUT2D eigenvalue weighted by molar-refractivity contribution is 6.18. The van der Waals surface area contributed by atoms with E-state index in [9.17, 15) is 5.11 Å². The number of nitrogens with two attached hydrogens (primary N) is 1. The first kappa shape index (κ1) is 26.8. The number of aliphatic imine (C=N–C) groups is 1. The fraction of sp³-hybridized carbons (Fsp3) is 0.344. The first-order valence-corrected chi connectivity index (χ1v) is 13.9. The average molecular weight is 523 g/mol. The quantitative estimate of drug-likeness (QED) is 0.366. The minimum atomic E-state index is 0.206. The van der Waals surface area contributed by atoms with E-state index in [4.69, 9.17) is 15.7 Å². The molecular formula is C32H38N6O. The number of imidazole rings is 1. The molecule has 0 bridgehead atoms. The molecule has 0 aliphatic heterocycles. The van der Waals surface area contributed by atoms with Crippen LogP contribution in [0.5, 0.6) is 0 Å². The van der Waals surface area contributed by atoms with Gasteiger partial charge >= 0.3 is 0 Å². The number of anilines is 1. The van der Waals surface area contributed by atoms with Gasteiger partial charge in [0.15, 0.2) is 0 Å². The van der Waals surface area contributed by atoms with Crippen LogP contribution >= 0.6 is 0 Å². The number of aromatic nitrogens is 3. The number of aliphatic hydroxyl groups excluding tert-OH is 1. The van der Waals surface area contributed by atoms with Gasteiger partial charge in [-0.05, 0) is 55.9 Å². The van der Waals surface area contributed by atoms with Gasteiger partial charge in [-0.3, -0.25) is 4.40 Å². The van der Waals surface area contributed by atoms with Crippen LogP contribution < -0.4 is 5.73 Å². The lowest BCUT2D eigenvalue weighted by Gasteiger charge is -2.38. The second-order valence-corrected chi connectivity index (χ2v) is 10.4. The van der Waals surface area contributed by atoms with Crippen LogP contribution in [0.2, 0.25) is 0 Å². The molecule has 0 unspecified atom stereocenters. The maximum Gasteiger partial charge on any atom is 0.150 e. The number of allylic oxidation sites excluding steroid dienone is 6. The van der Waals surface area contributed by atoms with Crippen LogP contribution in [-0.2, 0) is 0 Å². The lowest BCUT2D eigenvalue weighted by molar-refractivity contribution is 0.132. The smallest absolute Gasteiger partial charge is 0.150 e. The van der Waals surface area contributed by atoms with Gasteiger partial charge in [-0.25, -0.2) is 15.0 Å². The van der Waals surface area contributed by atoms with Crippen molar-refractivity contribution in [3.05, 3.63) is 96.3 Å². The van der Waals surface area contributed by atoms with Gasteiger partial charge in [-0.1, -0.05) is 62.1 Å². The lowest BCUT2D eigenvalue weighted by Crippen LogP contribution is -2.38. The molecule has 202 valence electrons. The molecule has 0 saturated heterocycles. The molecular weight excluding hydrogens is 484 g/mol. The fourth-order valence-electron chi connectivity index (χ4n) is 5.64. The van der Waals surface area contributed by atoms with Crippen molar-refractivity contribution in [2.45, 2.75) is 39.0 Å². The Balaban J connectivity index is 1.45. The third-order valence-corrected chi connectivity index (χ3v) is 7.63. The number of benzene rings is 1. The first-order chi connectivity index (χ1) is 19.0. The topological polar surface area (TPSA) is 92.0 Å². The van der Waals surface area contributed by atoms with Gasteiger partial charge in [-0.2, -0.15) is 0 Å². The van der Waals surface area contributed by atoms with Crippen LogP contribution in [0.15, 0.2) is 84.2 Å². The van der Waals surface area contributed by atoms with E-state index in [1.807, 2.05) is 49.5 Å². The summed E-state index contributed by atoms with van der Waals surface area (Å²) in [7, 11) is 0. The number of hydrogen-bond donors (Lipinski definition) is 2. The van der Waals surface area contributed by atoms with Crippen LogP contribution in [0.1, 0.15) is 56.1 Å². The summed E-state index contributed by atoms with van der Waals surface area (Å²) in [5, 5.41) is 9.42. The number of nitrogens with zero attached hydrogens (tertiary/aromatic N) is 5. The summed E-state index contributed by atoms with van der Waals surface area (Å²) in [5.41, 5.74) is 12.6. The summed E-state index contributed by atoms with van der Waals surface area (Å²) < 4.78 is 2.12. The second kappa shape index (κ2) is 11.9. The molecule has 7 nitrogen and oxygen atoms in total. The lowest BCUT2D eigenvalue weighted by atomic mass is 9.74. The first-order valence-electron chi connectivity index (χ1n) is 13.9. The Bertz CT molecular complexity index is 1450. The third-order valence-electron chi connectivity index (χ3n) is 7.63. The molecule has 0 spiro atoms. The van der Waals surface area contributed by atoms with Gasteiger partial charge in [0.25, 0.3) is 0 Å². The van der Waals surface area contributed by atoms with Crippen LogP contribution in [0.4, 0.5) is 5.82 Å². The van der Waals surface area contributed by atoms with Crippen molar-refractivity contribution >= 4 is 28.3 Å². The molecule has 2 aromatic heterocycles. The van der Waals surface area contributed by atoms with Crippen molar-refractivity contribution in [2.75, 3.05) is 32.0 Å². The standard InChI is InChI=1S/C32H38N6O/c1-4-14-37(16-17-39)21-23-18-26(19-23)32-36-29(30-31(33)34-13-15-38(30)32)25-12-11-22(3)28(20-25)35-27(5-2)24-9-7-6-8-10-24/h5-13,15,20,23,26,39H,3-4,14,16-19,21H2,1-2H3,(H2,33,34)/b27-5-,35-28?. The minimum Gasteiger partial charge on any atom is -0.395 e. The van der Waals surface area contributed by atoms with Gasteiger partial charge in [0, 0.05) is 37.0 Å². The van der Waals surface area contributed by atoms with Crippen molar-refractivity contribution in [1.82, 2.24) is 19.3 Å². The third kappa shape index (κ3) is 5.65. The molecule has 39 heavy (non-hydrogen) atoms. The molecule has 1 saturated carbocycles. The summed E-state index contributed by atoms with van der Waals surface area (Å²) >= 11 is 0. The average Bonchev–Trinajstić information content (AvgIpc) is 3.31. The molecule has 2 heterocycles. The van der Waals surface area contributed by atoms with Crippen molar-refractivity contribution < 1.29 is 5.11 Å². The van der Waals surface area contributed by atoms with E-state index in [1.165, 1.54) is 0 Å². The Morgan fingerprint density at radius 3 is 2.74 bits per heavy atom. The molecule has 2 aliphatic carbocycles. The van der Waals surface area contributed by atoms with Crippen LogP contribution in [0.3, 0.4) is 0 Å². The maximum absolute atomic E-state index is 9.42. The molecule has 3 aromatic rings. The molecule has 0 radical (unpaired) electrons. The maximum atomic E-state index is 9.42. The zero-order valence-corrected chi connectivity index (χ0v) is 22.9. The largest absolute Gasteiger partial charge is 0.395 e. The van der Waals surface area contributed by atoms with Crippen molar-refractivity contribution in [2.24, 2.45) is 10.9 Å². The Morgan fingerprint density at radius 2 is 2.03 bits per heavy atom. The molecule has 0 amide bonds. The van der Waals surface area contributed by atoms with E-state index in [0.717, 1.165) is 84.1 Å². The molecule has 1 aromatic carbocycles. The SMILES string of the molecule is C=C1C=CC(c2nc(C3CC(CN(CCC)CCO)C3)n3ccnc(N)c23)=CC1=N/C(=C\C)c1ccccc1. The fourth-order valence-corrected chi connectivity index (χ4v) is 5.64. The van der Waals surface area contributed by atoms with Gasteiger partial charge < -0.3 is 15.7 Å². The van der Waals surface area contributed by atoms with Gasteiger partial charge in [0.1, 0.15) is 22.9 Å². The summed E-state index contributed by atoms with van der Waals surface area (Å²) in [6.45, 7) is 11.4. The van der Waals surface area contributed by atoms with E-state index in [2.05, 4.69) is 46.0 Å². The van der Waals surface area contributed by atoms with Gasteiger partial charge in [-0.15, -0.1) is 0 Å². The minimum absolute atomic E-state index is 0.206. The summed E-state index contributed by atoms with van der Waals surface area (Å²) in [5.74, 6) is 2.47. The zero-order valence-electron chi connectivity index (χ0n) is 22.9. The monoisotopic (exact) mass is 522 g/mol. The van der Waals surface area contributed by atoms with Gasteiger partial charge in [0.05, 0.1) is 18.0 Å². The number of rotatable bonds is 10. The number of hydrogen-bond acceptors (Lipinski definition) is 6. The zero-order chi connectivity index (χ0) is 27.4. The highest BCUT2D eigenvalue weighted by Crippen LogP contribution is 2.43. The van der Waals surface area contributed by atoms with E-state index < -0.39 is 0 Å². The van der Waals surface area contributed by atoms with Crippen molar-refractivity contribution in [1.29, 1.82) is 0 Å². The number of aliphatic hydroxyl groups is 1. The molecule has 5 rings (SSSR count). The number of fused-ring (bicyclic) bond motifs is 1. The molecule has 1 fully saturated rings. The predicted molar refractivity (Wildman–Crippen MR) is 160 cm³/mol. The highest BCUT2D eigenvalue weighted by atomic mass is 16.3. The summed E-state index contributed by atoms with van der Waals surface area (Å²) in [4.78, 5) is 16.9. The molecule has 0 atom stereocenters. The molecule has 2 aliphatic rings. The van der Waals surface area contributed by atoms with Gasteiger partial charge in [0.2, 0.25) is 0 Å². The van der Waals surface area contributed by atoms with Crippen LogP contribution in [-0.4, -0.2) is 56.3 Å². The normalized spacial score (nSPS) is 20.6. The Kier molecular flexibility index (Phi) is 8.19. The Labute approximate surface area is 230 Å². The van der Waals surface area contributed by atoms with Crippen molar-refractivity contribution in [3.8, 4) is 0 Å². The summed E-state index contributed by atoms with van der Waals surface area (Å²) in [6, 6.07) is 10.2. The predicted octanol–water partition coefficient (Wildman–Crippen LogP) is 5.52. The number of nitrogen functional groups attached to an aromatic ring is 1. The molecule has 7 heteroatoms. The Hall–Kier alpha value is -3.81. The van der Waals surface area contributed by atoms with E-state index >= 15 is 0 Å². The van der Waals surface area contributed by atoms with E-state index in [1.54, 1.807) is 6.20 Å². The van der Waals surface area contributed by atoms with Crippen LogP contribution in [0.25, 0.3) is 16.8 Å². The summed E-state index contributed by atoms with van der Waals surface area (Å²) in [6.07, 6.45) is 15.1. The highest BCUT2D eigenvalue weighted by Gasteiger charge is 2.35. The second-order valence-electron chi connectivity index (χ2n) is 10.4. The Morgan fingerprint density at radius 1 is 1.23 bits per heavy atom. The van der Waals surface area contributed by atoms with E-state index in [-0.39, 0.29) is 6.61 Å². The molecule has 3 N–H and O–H groups in total. The van der Waals surface area contributed by atoms with Crippen LogP contribution in [0, 0.1) is 5.92 Å². The van der Waals surface area contributed by atoms with E-state index in [0.29, 0.717) is 17.7 Å². The van der Waals surface area contributed by atoms with Crippen molar-refractivity contribution in [3.63, 3.8) is 0 Å².